The summed E-state index contributed by atoms with van der Waals surface area (Å²) in [7, 11) is 0. The van der Waals surface area contributed by atoms with Crippen LogP contribution in [0.5, 0.6) is 0 Å². The number of carbonyl (C=O) groups is 2. The summed E-state index contributed by atoms with van der Waals surface area (Å²) >= 11 is 0. The van der Waals surface area contributed by atoms with E-state index >= 15 is 0 Å². The summed E-state index contributed by atoms with van der Waals surface area (Å²) in [5, 5.41) is 11.1. The van der Waals surface area contributed by atoms with Crippen molar-refractivity contribution >= 4 is 23.4 Å². The molecule has 1 aromatic heterocycles. The number of hydrogen-bond donors (Lipinski definition) is 3. The van der Waals surface area contributed by atoms with Crippen molar-refractivity contribution in [3.05, 3.63) is 20.8 Å². The van der Waals surface area contributed by atoms with Crippen LogP contribution in [0.2, 0.25) is 0 Å². The van der Waals surface area contributed by atoms with E-state index in [9.17, 15) is 19.2 Å². The lowest BCUT2D eigenvalue weighted by molar-refractivity contribution is -0.137. The second-order valence-electron chi connectivity index (χ2n) is 6.15. The Morgan fingerprint density at radius 3 is 2.12 bits per heavy atom. The van der Waals surface area contributed by atoms with Crippen molar-refractivity contribution < 1.29 is 14.7 Å². The first-order valence-corrected chi connectivity index (χ1v) is 8.98. The number of carbonyl (C=O) groups excluding carboxylic acids is 1. The van der Waals surface area contributed by atoms with Crippen molar-refractivity contribution in [1.82, 2.24) is 9.13 Å². The second kappa shape index (κ2) is 10.4. The molecule has 0 atom stereocenters. The molecule has 0 spiro atoms. The zero-order valence-electron chi connectivity index (χ0n) is 15.4. The van der Waals surface area contributed by atoms with Crippen LogP contribution in [0.15, 0.2) is 9.59 Å². The molecule has 0 aliphatic carbocycles. The Morgan fingerprint density at radius 1 is 1.00 bits per heavy atom. The predicted octanol–water partition coefficient (Wildman–Crippen LogP) is 1.39. The molecule has 0 saturated heterocycles. The molecule has 26 heavy (non-hydrogen) atoms. The Morgan fingerprint density at radius 2 is 1.58 bits per heavy atom. The molecule has 1 heterocycles. The molecule has 1 aromatic rings. The van der Waals surface area contributed by atoms with Crippen LogP contribution in [0.4, 0.5) is 11.5 Å². The van der Waals surface area contributed by atoms with E-state index < -0.39 is 23.1 Å². The van der Waals surface area contributed by atoms with Crippen molar-refractivity contribution in [2.24, 2.45) is 0 Å². The molecule has 0 bridgehead atoms. The van der Waals surface area contributed by atoms with Gasteiger partial charge in [-0.3, -0.25) is 23.5 Å². The normalized spacial score (nSPS) is 10.7. The summed E-state index contributed by atoms with van der Waals surface area (Å²) in [5.41, 5.74) is 4.78. The molecule has 146 valence electrons. The third-order valence-electron chi connectivity index (χ3n) is 4.00. The van der Waals surface area contributed by atoms with Crippen LogP contribution in [0, 0.1) is 0 Å². The average Bonchev–Trinajstić information content (AvgIpc) is 2.58. The zero-order valence-corrected chi connectivity index (χ0v) is 15.4. The summed E-state index contributed by atoms with van der Waals surface area (Å²) < 4.78 is 2.41. The van der Waals surface area contributed by atoms with E-state index in [1.54, 1.807) is 0 Å². The highest BCUT2D eigenvalue weighted by Gasteiger charge is 2.18. The molecule has 0 radical (unpaired) electrons. The quantitative estimate of drug-likeness (QED) is 0.540. The van der Waals surface area contributed by atoms with Gasteiger partial charge in [0.05, 0.1) is 0 Å². The fourth-order valence-corrected chi connectivity index (χ4v) is 2.48. The molecule has 1 amide bonds. The minimum Gasteiger partial charge on any atom is -0.481 e. The van der Waals surface area contributed by atoms with Crippen molar-refractivity contribution in [3.63, 3.8) is 0 Å². The maximum Gasteiger partial charge on any atom is 0.332 e. The first-order chi connectivity index (χ1) is 12.3. The van der Waals surface area contributed by atoms with E-state index in [4.69, 9.17) is 10.8 Å². The molecule has 9 heteroatoms. The maximum atomic E-state index is 12.6. The van der Waals surface area contributed by atoms with Gasteiger partial charge >= 0.3 is 11.7 Å². The van der Waals surface area contributed by atoms with Crippen LogP contribution < -0.4 is 22.3 Å². The number of amides is 1. The molecule has 0 saturated carbocycles. The van der Waals surface area contributed by atoms with Crippen molar-refractivity contribution in [1.29, 1.82) is 0 Å². The summed E-state index contributed by atoms with van der Waals surface area (Å²) in [6.07, 6.45) is 2.98. The Hall–Kier alpha value is -2.58. The Kier molecular flexibility index (Phi) is 8.60. The number of aromatic nitrogens is 2. The average molecular weight is 368 g/mol. The van der Waals surface area contributed by atoms with E-state index in [1.807, 2.05) is 13.8 Å². The van der Waals surface area contributed by atoms with Gasteiger partial charge in [0.25, 0.3) is 5.56 Å². The fourth-order valence-electron chi connectivity index (χ4n) is 2.48. The Bertz CT molecular complexity index is 751. The predicted molar refractivity (Wildman–Crippen MR) is 99.3 cm³/mol. The van der Waals surface area contributed by atoms with Gasteiger partial charge in [0.1, 0.15) is 11.5 Å². The molecule has 9 nitrogen and oxygen atoms in total. The summed E-state index contributed by atoms with van der Waals surface area (Å²) in [6.45, 7) is 4.53. The number of nitrogens with zero attached hydrogens (tertiary/aromatic N) is 2. The summed E-state index contributed by atoms with van der Waals surface area (Å²) in [6, 6.07) is 0. The van der Waals surface area contributed by atoms with Crippen LogP contribution >= 0.6 is 0 Å². The monoisotopic (exact) mass is 368 g/mol. The lowest BCUT2D eigenvalue weighted by Gasteiger charge is -2.17. The van der Waals surface area contributed by atoms with E-state index in [0.29, 0.717) is 19.4 Å². The number of unbranched alkanes of at least 4 members (excludes halogenated alkanes) is 2. The van der Waals surface area contributed by atoms with Gasteiger partial charge in [-0.05, 0) is 19.3 Å². The van der Waals surface area contributed by atoms with E-state index in [-0.39, 0.29) is 37.3 Å². The van der Waals surface area contributed by atoms with Gasteiger partial charge in [-0.15, -0.1) is 0 Å². The van der Waals surface area contributed by atoms with E-state index in [0.717, 1.165) is 17.4 Å². The van der Waals surface area contributed by atoms with Gasteiger partial charge < -0.3 is 16.2 Å². The van der Waals surface area contributed by atoms with Gasteiger partial charge in [-0.2, -0.15) is 0 Å². The first-order valence-electron chi connectivity index (χ1n) is 8.98. The van der Waals surface area contributed by atoms with Crippen LogP contribution in [-0.2, 0) is 22.7 Å². The summed E-state index contributed by atoms with van der Waals surface area (Å²) in [4.78, 5) is 47.8. The van der Waals surface area contributed by atoms with Crippen LogP contribution in [-0.4, -0.2) is 26.1 Å². The lowest BCUT2D eigenvalue weighted by atomic mass is 10.2. The SMILES string of the molecule is CCCCn1c(N)c(NC(=O)CCCC(=O)O)c(=O)n(CCCC)c1=O. The highest BCUT2D eigenvalue weighted by Crippen LogP contribution is 2.13. The molecule has 0 fully saturated rings. The molecular formula is C17H28N4O5. The minimum atomic E-state index is -0.993. The third-order valence-corrected chi connectivity index (χ3v) is 4.00. The van der Waals surface area contributed by atoms with E-state index in [2.05, 4.69) is 5.32 Å². The van der Waals surface area contributed by atoms with Gasteiger partial charge in [0, 0.05) is 25.9 Å². The topological polar surface area (TPSA) is 136 Å². The highest BCUT2D eigenvalue weighted by atomic mass is 16.4. The number of nitrogens with one attached hydrogen (secondary N) is 1. The Labute approximate surface area is 151 Å². The van der Waals surface area contributed by atoms with Crippen LogP contribution in [0.25, 0.3) is 0 Å². The van der Waals surface area contributed by atoms with Gasteiger partial charge in [-0.1, -0.05) is 26.7 Å². The molecule has 0 aromatic carbocycles. The highest BCUT2D eigenvalue weighted by molar-refractivity contribution is 5.93. The van der Waals surface area contributed by atoms with Gasteiger partial charge in [0.15, 0.2) is 0 Å². The zero-order chi connectivity index (χ0) is 19.7. The van der Waals surface area contributed by atoms with Crippen molar-refractivity contribution in [3.8, 4) is 0 Å². The molecule has 0 unspecified atom stereocenters. The maximum absolute atomic E-state index is 12.6. The number of carboxylic acids is 1. The number of nitrogen functional groups attached to an aromatic ring is 1. The number of nitrogens with two attached hydrogens (primary N) is 1. The molecule has 0 aliphatic rings. The van der Waals surface area contributed by atoms with Crippen molar-refractivity contribution in [2.45, 2.75) is 71.9 Å². The minimum absolute atomic E-state index is 0.0474. The number of aliphatic carboxylic acids is 1. The van der Waals surface area contributed by atoms with Crippen LogP contribution in [0.1, 0.15) is 58.8 Å². The van der Waals surface area contributed by atoms with Gasteiger partial charge in [-0.25, -0.2) is 4.79 Å². The number of anilines is 2. The molecular weight excluding hydrogens is 340 g/mol. The Balaban J connectivity index is 3.19. The van der Waals surface area contributed by atoms with Gasteiger partial charge in [0.2, 0.25) is 5.91 Å². The van der Waals surface area contributed by atoms with Crippen molar-refractivity contribution in [2.75, 3.05) is 11.1 Å². The lowest BCUT2D eigenvalue weighted by Crippen LogP contribution is -2.43. The summed E-state index contributed by atoms with van der Waals surface area (Å²) in [5.74, 6) is -1.56. The third kappa shape index (κ3) is 5.75. The molecule has 1 rings (SSSR count). The van der Waals surface area contributed by atoms with E-state index in [1.165, 1.54) is 4.57 Å². The molecule has 4 N–H and O–H groups in total. The molecule has 0 aliphatic heterocycles. The van der Waals surface area contributed by atoms with Crippen LogP contribution in [0.3, 0.4) is 0 Å². The smallest absolute Gasteiger partial charge is 0.332 e. The number of rotatable bonds is 11. The number of hydrogen-bond acceptors (Lipinski definition) is 5. The first kappa shape index (κ1) is 21.5. The number of carboxylic acid groups (broad SMARTS) is 1. The standard InChI is InChI=1S/C17H28N4O5/c1-3-5-10-20-15(18)14(19-12(22)8-7-9-13(23)24)16(25)21(17(20)26)11-6-4-2/h3-11,18H2,1-2H3,(H,19,22)(H,23,24). The largest absolute Gasteiger partial charge is 0.481 e. The fraction of sp³-hybridized carbons (Fsp3) is 0.647. The second-order valence-corrected chi connectivity index (χ2v) is 6.15.